The van der Waals surface area contributed by atoms with Gasteiger partial charge in [0.2, 0.25) is 0 Å². The van der Waals surface area contributed by atoms with Crippen molar-refractivity contribution in [2.75, 3.05) is 19.6 Å². The van der Waals surface area contributed by atoms with E-state index in [0.717, 1.165) is 25.2 Å². The number of hydrogen-bond acceptors (Lipinski definition) is 3. The molecular weight excluding hydrogens is 212 g/mol. The summed E-state index contributed by atoms with van der Waals surface area (Å²) in [7, 11) is 0. The Balaban J connectivity index is 1.84. The number of hydrogen-bond donors (Lipinski definition) is 2. The smallest absolute Gasteiger partial charge is 0.120 e. The molecule has 17 heavy (non-hydrogen) atoms. The molecule has 1 saturated heterocycles. The van der Waals surface area contributed by atoms with Gasteiger partial charge in [0.25, 0.3) is 0 Å². The predicted molar refractivity (Wildman–Crippen MR) is 70.1 cm³/mol. The fourth-order valence-corrected chi connectivity index (χ4v) is 2.42. The molecule has 0 bridgehead atoms. The number of nitrogens with zero attached hydrogens (tertiary/aromatic N) is 1. The predicted octanol–water partition coefficient (Wildman–Crippen LogP) is 1.97. The number of likely N-dealkylation sites (tertiary alicyclic amines) is 1. The monoisotopic (exact) mass is 234 g/mol. The van der Waals surface area contributed by atoms with Crippen LogP contribution in [0.2, 0.25) is 0 Å². The molecule has 94 valence electrons. The van der Waals surface area contributed by atoms with Crippen molar-refractivity contribution in [2.45, 2.75) is 32.4 Å². The van der Waals surface area contributed by atoms with Crippen molar-refractivity contribution in [1.82, 2.24) is 10.2 Å². The highest BCUT2D eigenvalue weighted by atomic mass is 16.3. The van der Waals surface area contributed by atoms with E-state index in [1.54, 1.807) is 6.07 Å². The lowest BCUT2D eigenvalue weighted by molar-refractivity contribution is 0.198. The fraction of sp³-hybridized carbons (Fsp3) is 0.571. The van der Waals surface area contributed by atoms with Gasteiger partial charge in [-0.1, -0.05) is 25.1 Å². The summed E-state index contributed by atoms with van der Waals surface area (Å²) in [5, 5.41) is 13.2. The summed E-state index contributed by atoms with van der Waals surface area (Å²) in [4.78, 5) is 2.48. The Morgan fingerprint density at radius 3 is 3.00 bits per heavy atom. The van der Waals surface area contributed by atoms with Gasteiger partial charge in [-0.3, -0.25) is 0 Å². The van der Waals surface area contributed by atoms with Crippen LogP contribution in [0.25, 0.3) is 0 Å². The molecule has 3 heteroatoms. The van der Waals surface area contributed by atoms with E-state index in [1.807, 2.05) is 18.2 Å². The van der Waals surface area contributed by atoms with Crippen LogP contribution in [0.4, 0.5) is 0 Å². The molecule has 0 aromatic heterocycles. The van der Waals surface area contributed by atoms with E-state index in [9.17, 15) is 5.11 Å². The normalized spacial score (nSPS) is 21.6. The van der Waals surface area contributed by atoms with Crippen molar-refractivity contribution in [3.05, 3.63) is 29.8 Å². The average molecular weight is 234 g/mol. The summed E-state index contributed by atoms with van der Waals surface area (Å²) in [6, 6.07) is 8.11. The van der Waals surface area contributed by atoms with Crippen LogP contribution in [-0.2, 0) is 6.54 Å². The zero-order valence-corrected chi connectivity index (χ0v) is 10.5. The zero-order valence-electron chi connectivity index (χ0n) is 10.5. The Morgan fingerprint density at radius 1 is 1.41 bits per heavy atom. The number of likely N-dealkylation sites (N-methyl/N-ethyl adjacent to an activating group) is 1. The highest BCUT2D eigenvalue weighted by molar-refractivity contribution is 5.31. The van der Waals surface area contributed by atoms with E-state index in [-0.39, 0.29) is 0 Å². The van der Waals surface area contributed by atoms with Crippen LogP contribution in [0.15, 0.2) is 24.3 Å². The zero-order chi connectivity index (χ0) is 12.1. The number of piperidine rings is 1. The lowest BCUT2D eigenvalue weighted by Gasteiger charge is -2.32. The Kier molecular flexibility index (Phi) is 4.40. The second-order valence-corrected chi connectivity index (χ2v) is 4.74. The van der Waals surface area contributed by atoms with E-state index in [1.165, 1.54) is 19.4 Å². The Morgan fingerprint density at radius 2 is 2.24 bits per heavy atom. The van der Waals surface area contributed by atoms with Crippen LogP contribution >= 0.6 is 0 Å². The second-order valence-electron chi connectivity index (χ2n) is 4.74. The SMILES string of the molecule is CCN1CCCC(NCc2ccccc2O)C1. The maximum atomic E-state index is 9.69. The Hall–Kier alpha value is -1.06. The molecule has 0 spiro atoms. The first-order valence-electron chi connectivity index (χ1n) is 6.52. The standard InChI is InChI=1S/C14H22N2O/c1-2-16-9-5-7-13(11-16)15-10-12-6-3-4-8-14(12)17/h3-4,6,8,13,15,17H,2,5,7,9-11H2,1H3. The minimum atomic E-state index is 0.392. The molecular formula is C14H22N2O. The number of aromatic hydroxyl groups is 1. The first-order chi connectivity index (χ1) is 8.29. The Labute approximate surface area is 103 Å². The molecule has 1 aliphatic heterocycles. The topological polar surface area (TPSA) is 35.5 Å². The summed E-state index contributed by atoms with van der Waals surface area (Å²) in [6.45, 7) is 6.46. The summed E-state index contributed by atoms with van der Waals surface area (Å²) < 4.78 is 0. The van der Waals surface area contributed by atoms with Gasteiger partial charge >= 0.3 is 0 Å². The van der Waals surface area contributed by atoms with Crippen molar-refractivity contribution >= 4 is 0 Å². The van der Waals surface area contributed by atoms with E-state index in [2.05, 4.69) is 17.1 Å². The van der Waals surface area contributed by atoms with Gasteiger partial charge in [0.15, 0.2) is 0 Å². The van der Waals surface area contributed by atoms with Crippen molar-refractivity contribution in [3.63, 3.8) is 0 Å². The lowest BCUT2D eigenvalue weighted by atomic mass is 10.1. The van der Waals surface area contributed by atoms with Crippen LogP contribution in [0.5, 0.6) is 5.75 Å². The van der Waals surface area contributed by atoms with Gasteiger partial charge in [-0.05, 0) is 32.0 Å². The highest BCUT2D eigenvalue weighted by Crippen LogP contribution is 2.16. The number of phenols is 1. The third kappa shape index (κ3) is 3.45. The first-order valence-corrected chi connectivity index (χ1v) is 6.52. The molecule has 1 unspecified atom stereocenters. The van der Waals surface area contributed by atoms with Crippen LogP contribution in [-0.4, -0.2) is 35.7 Å². The van der Waals surface area contributed by atoms with Crippen LogP contribution in [0.1, 0.15) is 25.3 Å². The quantitative estimate of drug-likeness (QED) is 0.836. The van der Waals surface area contributed by atoms with Crippen LogP contribution in [0, 0.1) is 0 Å². The number of para-hydroxylation sites is 1. The Bertz CT molecular complexity index is 354. The molecule has 1 fully saturated rings. The van der Waals surface area contributed by atoms with Gasteiger partial charge in [0.05, 0.1) is 0 Å². The average Bonchev–Trinajstić information content (AvgIpc) is 2.38. The second kappa shape index (κ2) is 6.03. The molecule has 0 aliphatic carbocycles. The number of rotatable bonds is 4. The first kappa shape index (κ1) is 12.4. The molecule has 0 radical (unpaired) electrons. The summed E-state index contributed by atoms with van der Waals surface area (Å²) in [5.41, 5.74) is 0.987. The summed E-state index contributed by atoms with van der Waals surface area (Å²) >= 11 is 0. The summed E-state index contributed by atoms with van der Waals surface area (Å²) in [6.07, 6.45) is 2.51. The molecule has 2 N–H and O–H groups in total. The van der Waals surface area contributed by atoms with E-state index >= 15 is 0 Å². The van der Waals surface area contributed by atoms with Crippen LogP contribution < -0.4 is 5.32 Å². The largest absolute Gasteiger partial charge is 0.508 e. The van der Waals surface area contributed by atoms with E-state index < -0.39 is 0 Å². The molecule has 1 aromatic carbocycles. The third-order valence-electron chi connectivity index (χ3n) is 3.53. The van der Waals surface area contributed by atoms with Crippen molar-refractivity contribution in [2.24, 2.45) is 0 Å². The van der Waals surface area contributed by atoms with Crippen molar-refractivity contribution < 1.29 is 5.11 Å². The highest BCUT2D eigenvalue weighted by Gasteiger charge is 2.18. The van der Waals surface area contributed by atoms with E-state index in [0.29, 0.717) is 11.8 Å². The van der Waals surface area contributed by atoms with Gasteiger partial charge in [0, 0.05) is 24.7 Å². The van der Waals surface area contributed by atoms with Gasteiger partial charge in [-0.25, -0.2) is 0 Å². The molecule has 0 amide bonds. The molecule has 0 saturated carbocycles. The summed E-state index contributed by atoms with van der Waals surface area (Å²) in [5.74, 6) is 0.392. The molecule has 1 atom stereocenters. The van der Waals surface area contributed by atoms with E-state index in [4.69, 9.17) is 0 Å². The van der Waals surface area contributed by atoms with Gasteiger partial charge in [-0.2, -0.15) is 0 Å². The van der Waals surface area contributed by atoms with Gasteiger partial charge in [0.1, 0.15) is 5.75 Å². The minimum Gasteiger partial charge on any atom is -0.508 e. The number of phenolic OH excluding ortho intramolecular Hbond substituents is 1. The lowest BCUT2D eigenvalue weighted by Crippen LogP contribution is -2.45. The van der Waals surface area contributed by atoms with Crippen LogP contribution in [0.3, 0.4) is 0 Å². The van der Waals surface area contributed by atoms with Gasteiger partial charge < -0.3 is 15.3 Å². The molecule has 2 rings (SSSR count). The van der Waals surface area contributed by atoms with Crippen molar-refractivity contribution in [1.29, 1.82) is 0 Å². The molecule has 1 heterocycles. The molecule has 1 aliphatic rings. The molecule has 1 aromatic rings. The maximum absolute atomic E-state index is 9.69. The number of nitrogens with one attached hydrogen (secondary N) is 1. The van der Waals surface area contributed by atoms with Gasteiger partial charge in [-0.15, -0.1) is 0 Å². The fourth-order valence-electron chi connectivity index (χ4n) is 2.42. The number of benzene rings is 1. The van der Waals surface area contributed by atoms with Crippen molar-refractivity contribution in [3.8, 4) is 5.75 Å². The maximum Gasteiger partial charge on any atom is 0.120 e. The molecule has 3 nitrogen and oxygen atoms in total. The minimum absolute atomic E-state index is 0.392. The third-order valence-corrected chi connectivity index (χ3v) is 3.53.